The van der Waals surface area contributed by atoms with Crippen LogP contribution < -0.4 is 4.52 Å². The van der Waals surface area contributed by atoms with Gasteiger partial charge in [0.25, 0.3) is 0 Å². The van der Waals surface area contributed by atoms with Gasteiger partial charge in [0.2, 0.25) is 0 Å². The lowest BCUT2D eigenvalue weighted by Crippen LogP contribution is -1.75. The molecule has 1 atom stereocenters. The molecule has 0 amide bonds. The molecule has 0 radical (unpaired) electrons. The number of phenolic OH excluding ortho intramolecular Hbond substituents is 1. The second-order valence-corrected chi connectivity index (χ2v) is 5.23. The number of nitrogens with zero attached hydrogens (tertiary/aromatic N) is 1. The Hall–Kier alpha value is -1.43. The highest BCUT2D eigenvalue weighted by Crippen LogP contribution is 2.22. The zero-order chi connectivity index (χ0) is 14.1. The van der Waals surface area contributed by atoms with E-state index >= 15 is 0 Å². The number of benzene rings is 2. The average Bonchev–Trinajstić information content (AvgIpc) is 2.42. The van der Waals surface area contributed by atoms with Crippen molar-refractivity contribution in [2.24, 2.45) is 4.52 Å². The van der Waals surface area contributed by atoms with Gasteiger partial charge in [-0.05, 0) is 47.1 Å². The van der Waals surface area contributed by atoms with Crippen LogP contribution in [0.4, 0.5) is 0 Å². The first-order chi connectivity index (χ1) is 9.11. The molecule has 0 bridgehead atoms. The van der Waals surface area contributed by atoms with Crippen molar-refractivity contribution in [1.82, 2.24) is 0 Å². The molecule has 0 spiro atoms. The quantitative estimate of drug-likeness (QED) is 0.817. The lowest BCUT2D eigenvalue weighted by molar-refractivity contribution is 0.475. The Morgan fingerprint density at radius 1 is 0.947 bits per heavy atom. The molecule has 3 nitrogen and oxygen atoms in total. The highest BCUT2D eigenvalue weighted by molar-refractivity contribution is 7.36. The van der Waals surface area contributed by atoms with E-state index in [-0.39, 0.29) is 8.96 Å². The summed E-state index contributed by atoms with van der Waals surface area (Å²) >= 11 is 0. The molecule has 0 aliphatic rings. The van der Waals surface area contributed by atoms with Gasteiger partial charge in [-0.1, -0.05) is 35.4 Å². The van der Waals surface area contributed by atoms with E-state index < -0.39 is 0 Å². The number of hydrogen-bond donors (Lipinski definition) is 1. The predicted octanol–water partition coefficient (Wildman–Crippen LogP) is 4.91. The second kappa shape index (κ2) is 8.63. The first-order valence-electron chi connectivity index (χ1n) is 5.72. The largest absolute Gasteiger partial charge is 0.508 e. The summed E-state index contributed by atoms with van der Waals surface area (Å²) in [7, 11) is 3.11. The summed E-state index contributed by atoms with van der Waals surface area (Å²) in [6.07, 6.45) is 0. The van der Waals surface area contributed by atoms with Crippen molar-refractivity contribution < 1.29 is 9.63 Å². The third kappa shape index (κ3) is 6.91. The van der Waals surface area contributed by atoms with Gasteiger partial charge >= 0.3 is 0 Å². The first-order valence-corrected chi connectivity index (χ1v) is 7.02. The van der Waals surface area contributed by atoms with Gasteiger partial charge in [-0.15, -0.1) is 0 Å². The van der Waals surface area contributed by atoms with Crippen LogP contribution in [0, 0.1) is 13.8 Å². The first kappa shape index (κ1) is 15.6. The summed E-state index contributed by atoms with van der Waals surface area (Å²) in [5.74, 6) is 1.19. The molecule has 0 aliphatic heterocycles. The van der Waals surface area contributed by atoms with E-state index in [1.807, 2.05) is 50.2 Å². The van der Waals surface area contributed by atoms with E-state index in [9.17, 15) is 0 Å². The Morgan fingerprint density at radius 2 is 1.42 bits per heavy atom. The van der Waals surface area contributed by atoms with Crippen molar-refractivity contribution in [3.63, 3.8) is 0 Å². The minimum Gasteiger partial charge on any atom is -0.508 e. The normalized spacial score (nSPS) is 9.79. The van der Waals surface area contributed by atoms with E-state index in [4.69, 9.17) is 9.63 Å². The van der Waals surface area contributed by atoms with Crippen LogP contribution in [0.3, 0.4) is 0 Å². The minimum atomic E-state index is 0.128. The Balaban J connectivity index is 0.000000200. The summed E-state index contributed by atoms with van der Waals surface area (Å²) in [6, 6.07) is 15.0. The van der Waals surface area contributed by atoms with Crippen LogP contribution >= 0.6 is 18.0 Å². The van der Waals surface area contributed by atoms with Crippen LogP contribution in [0.25, 0.3) is 0 Å². The van der Waals surface area contributed by atoms with E-state index in [0.29, 0.717) is 5.75 Å². The molecular weight excluding hydrogens is 276 g/mol. The van der Waals surface area contributed by atoms with Crippen molar-refractivity contribution in [2.75, 3.05) is 0 Å². The van der Waals surface area contributed by atoms with Crippen LogP contribution in [0.2, 0.25) is 0 Å². The molecule has 2 aromatic rings. The third-order valence-electron chi connectivity index (χ3n) is 2.26. The average molecular weight is 293 g/mol. The van der Waals surface area contributed by atoms with Crippen LogP contribution in [0.1, 0.15) is 11.1 Å². The fourth-order valence-electron chi connectivity index (χ4n) is 1.23. The zero-order valence-corrected chi connectivity index (χ0v) is 12.9. The van der Waals surface area contributed by atoms with Gasteiger partial charge in [0.15, 0.2) is 8.96 Å². The number of phenols is 1. The van der Waals surface area contributed by atoms with Crippen LogP contribution in [0.5, 0.6) is 11.5 Å². The second-order valence-electron chi connectivity index (χ2n) is 3.95. The molecule has 1 N–H and O–H groups in total. The smallest absolute Gasteiger partial charge is 0.200 e. The van der Waals surface area contributed by atoms with E-state index in [1.54, 1.807) is 12.1 Å². The van der Waals surface area contributed by atoms with Crippen molar-refractivity contribution in [3.8, 4) is 11.5 Å². The Labute approximate surface area is 117 Å². The number of rotatable bonds is 3. The molecule has 5 heteroatoms. The lowest BCUT2D eigenvalue weighted by Gasteiger charge is -2.00. The molecule has 2 aromatic carbocycles. The van der Waals surface area contributed by atoms with Crippen molar-refractivity contribution in [2.45, 2.75) is 13.8 Å². The lowest BCUT2D eigenvalue weighted by atomic mass is 10.2. The summed E-state index contributed by atoms with van der Waals surface area (Å²) in [5.41, 5.74) is 2.40. The molecule has 19 heavy (non-hydrogen) atoms. The topological polar surface area (TPSA) is 41.8 Å². The maximum Gasteiger partial charge on any atom is 0.200 e. The van der Waals surface area contributed by atoms with Gasteiger partial charge in [0, 0.05) is 0 Å². The molecule has 1 unspecified atom stereocenters. The monoisotopic (exact) mass is 293 g/mol. The maximum atomic E-state index is 8.76. The van der Waals surface area contributed by atoms with Crippen molar-refractivity contribution >= 4 is 18.0 Å². The Bertz CT molecular complexity index is 477. The van der Waals surface area contributed by atoms with Crippen LogP contribution in [-0.2, 0) is 0 Å². The summed E-state index contributed by atoms with van der Waals surface area (Å²) < 4.78 is 8.89. The van der Waals surface area contributed by atoms with Crippen molar-refractivity contribution in [1.29, 1.82) is 0 Å². The molecule has 0 aliphatic carbocycles. The predicted molar refractivity (Wildman–Crippen MR) is 83.7 cm³/mol. The highest BCUT2D eigenvalue weighted by atomic mass is 31.1. The zero-order valence-electron chi connectivity index (χ0n) is 10.9. The standard InChI is InChI=1S/C7H9NOP2.C7H8O/c1-6-2-4-7(5-3-6)9-11-8-10;1-6-2-4-7(8)5-3-6/h2-5,10-11H,1H3;2-5,8H,1H3. The van der Waals surface area contributed by atoms with Gasteiger partial charge < -0.3 is 9.63 Å². The minimum absolute atomic E-state index is 0.128. The maximum absolute atomic E-state index is 8.76. The van der Waals surface area contributed by atoms with Gasteiger partial charge in [-0.2, -0.15) is 0 Å². The SMILES string of the molecule is Cc1ccc(O)cc1.Cc1ccc(OPN=P)cc1. The molecule has 0 heterocycles. The van der Waals surface area contributed by atoms with Gasteiger partial charge in [-0.3, -0.25) is 0 Å². The van der Waals surface area contributed by atoms with E-state index in [1.165, 1.54) is 11.1 Å². The number of aryl methyl sites for hydroxylation is 2. The van der Waals surface area contributed by atoms with Gasteiger partial charge in [0.1, 0.15) is 11.5 Å². The molecule has 0 aromatic heterocycles. The van der Waals surface area contributed by atoms with Crippen LogP contribution in [-0.4, -0.2) is 5.11 Å². The molecule has 0 saturated heterocycles. The van der Waals surface area contributed by atoms with Gasteiger partial charge in [-0.25, -0.2) is 4.52 Å². The third-order valence-corrected chi connectivity index (χ3v) is 2.96. The van der Waals surface area contributed by atoms with E-state index in [0.717, 1.165) is 5.75 Å². The molecule has 2 rings (SSSR count). The molecular formula is C14H17NO2P2. The fourth-order valence-corrected chi connectivity index (χ4v) is 1.65. The summed E-state index contributed by atoms with van der Waals surface area (Å²) in [5, 5.41) is 8.76. The number of aromatic hydroxyl groups is 1. The molecule has 0 saturated carbocycles. The Kier molecular flexibility index (Phi) is 7.10. The summed E-state index contributed by atoms with van der Waals surface area (Å²) in [6.45, 7) is 4.03. The Morgan fingerprint density at radius 3 is 1.84 bits per heavy atom. The summed E-state index contributed by atoms with van der Waals surface area (Å²) in [4.78, 5) is 0. The molecule has 0 fully saturated rings. The number of hydrogen-bond acceptors (Lipinski definition) is 3. The fraction of sp³-hybridized carbons (Fsp3) is 0.143. The van der Waals surface area contributed by atoms with E-state index in [2.05, 4.69) is 13.5 Å². The van der Waals surface area contributed by atoms with Crippen LogP contribution in [0.15, 0.2) is 53.0 Å². The highest BCUT2D eigenvalue weighted by Gasteiger charge is 1.89. The van der Waals surface area contributed by atoms with Crippen molar-refractivity contribution in [3.05, 3.63) is 59.7 Å². The molecule has 100 valence electrons. The van der Waals surface area contributed by atoms with Gasteiger partial charge in [0.05, 0.1) is 0 Å².